The van der Waals surface area contributed by atoms with Gasteiger partial charge in [0.05, 0.1) is 0 Å². The van der Waals surface area contributed by atoms with Crippen molar-refractivity contribution in [2.45, 2.75) is 13.2 Å². The number of para-hydroxylation sites is 1. The van der Waals surface area contributed by atoms with Crippen LogP contribution in [0, 0.1) is 0 Å². The number of fused-ring (bicyclic) bond motifs is 2. The Hall–Kier alpha value is -3.46. The molecule has 1 N–H and O–H groups in total. The van der Waals surface area contributed by atoms with Crippen molar-refractivity contribution < 1.29 is 4.74 Å². The van der Waals surface area contributed by atoms with Crippen molar-refractivity contribution in [3.05, 3.63) is 102 Å². The first kappa shape index (κ1) is 15.8. The molecule has 0 amide bonds. The molecule has 27 heavy (non-hydrogen) atoms. The van der Waals surface area contributed by atoms with Gasteiger partial charge >= 0.3 is 0 Å². The van der Waals surface area contributed by atoms with Gasteiger partial charge in [0.2, 0.25) is 0 Å². The van der Waals surface area contributed by atoms with Gasteiger partial charge in [-0.15, -0.1) is 0 Å². The van der Waals surface area contributed by atoms with Crippen LogP contribution < -0.4 is 4.74 Å². The number of benzene rings is 3. The maximum absolute atomic E-state index is 5.96. The molecule has 0 radical (unpaired) electrons. The van der Waals surface area contributed by atoms with Crippen LogP contribution >= 0.6 is 0 Å². The van der Waals surface area contributed by atoms with E-state index in [-0.39, 0.29) is 0 Å². The van der Waals surface area contributed by atoms with Gasteiger partial charge in [-0.2, -0.15) is 0 Å². The van der Waals surface area contributed by atoms with Crippen molar-refractivity contribution in [3.63, 3.8) is 0 Å². The lowest BCUT2D eigenvalue weighted by atomic mass is 10.2. The van der Waals surface area contributed by atoms with E-state index in [1.54, 1.807) is 0 Å². The molecule has 0 bridgehead atoms. The standard InChI is InChI=1S/C24H20N2O/c1-2-6-18(7-3-1)17-27-21-10-11-24-19(14-21)12-13-26(24)16-20-15-25-23-9-5-4-8-22(20)23/h1-15,25H,16-17H2. The zero-order valence-corrected chi connectivity index (χ0v) is 14.9. The third-order valence-corrected chi connectivity index (χ3v) is 5.01. The monoisotopic (exact) mass is 352 g/mol. The van der Waals surface area contributed by atoms with E-state index in [4.69, 9.17) is 4.74 Å². The van der Waals surface area contributed by atoms with Gasteiger partial charge in [0.25, 0.3) is 0 Å². The average Bonchev–Trinajstić information content (AvgIpc) is 3.32. The van der Waals surface area contributed by atoms with Gasteiger partial charge in [-0.05, 0) is 41.5 Å². The van der Waals surface area contributed by atoms with E-state index >= 15 is 0 Å². The molecule has 0 saturated heterocycles. The van der Waals surface area contributed by atoms with E-state index in [9.17, 15) is 0 Å². The highest BCUT2D eigenvalue weighted by molar-refractivity contribution is 5.84. The number of rotatable bonds is 5. The van der Waals surface area contributed by atoms with E-state index in [2.05, 4.69) is 82.6 Å². The van der Waals surface area contributed by atoms with E-state index in [1.807, 2.05) is 18.2 Å². The van der Waals surface area contributed by atoms with Gasteiger partial charge in [-0.3, -0.25) is 0 Å². The molecule has 5 aromatic rings. The first-order valence-corrected chi connectivity index (χ1v) is 9.17. The molecule has 0 aliphatic rings. The van der Waals surface area contributed by atoms with Gasteiger partial charge in [0.1, 0.15) is 12.4 Å². The number of aromatic nitrogens is 2. The summed E-state index contributed by atoms with van der Waals surface area (Å²) >= 11 is 0. The molecule has 132 valence electrons. The highest BCUT2D eigenvalue weighted by Crippen LogP contribution is 2.25. The highest BCUT2D eigenvalue weighted by atomic mass is 16.5. The summed E-state index contributed by atoms with van der Waals surface area (Å²) in [6, 6.07) is 27.1. The fourth-order valence-electron chi connectivity index (χ4n) is 3.59. The number of hydrogen-bond acceptors (Lipinski definition) is 1. The predicted molar refractivity (Wildman–Crippen MR) is 110 cm³/mol. The lowest BCUT2D eigenvalue weighted by Gasteiger charge is -2.08. The number of nitrogens with one attached hydrogen (secondary N) is 1. The largest absolute Gasteiger partial charge is 0.489 e. The fraction of sp³-hybridized carbons (Fsp3) is 0.0833. The minimum atomic E-state index is 0.586. The van der Waals surface area contributed by atoms with Crippen molar-refractivity contribution in [2.75, 3.05) is 0 Å². The number of ether oxygens (including phenoxy) is 1. The summed E-state index contributed by atoms with van der Waals surface area (Å²) < 4.78 is 8.24. The van der Waals surface area contributed by atoms with Gasteiger partial charge in [0.15, 0.2) is 0 Å². The van der Waals surface area contributed by atoms with Crippen molar-refractivity contribution in [2.24, 2.45) is 0 Å². The van der Waals surface area contributed by atoms with E-state index in [0.717, 1.165) is 12.3 Å². The molecule has 5 rings (SSSR count). The van der Waals surface area contributed by atoms with Crippen LogP contribution in [0.4, 0.5) is 0 Å². The van der Waals surface area contributed by atoms with Crippen LogP contribution in [0.1, 0.15) is 11.1 Å². The van der Waals surface area contributed by atoms with Crippen LogP contribution in [-0.4, -0.2) is 9.55 Å². The van der Waals surface area contributed by atoms with Gasteiger partial charge in [-0.1, -0.05) is 48.5 Å². The third kappa shape index (κ3) is 3.08. The zero-order valence-electron chi connectivity index (χ0n) is 14.9. The molecule has 0 aliphatic heterocycles. The molecule has 0 saturated carbocycles. The maximum Gasteiger partial charge on any atom is 0.120 e. The van der Waals surface area contributed by atoms with Gasteiger partial charge in [-0.25, -0.2) is 0 Å². The minimum absolute atomic E-state index is 0.586. The van der Waals surface area contributed by atoms with Gasteiger partial charge < -0.3 is 14.3 Å². The molecule has 0 spiro atoms. The maximum atomic E-state index is 5.96. The minimum Gasteiger partial charge on any atom is -0.489 e. The Morgan fingerprint density at radius 1 is 0.852 bits per heavy atom. The second-order valence-electron chi connectivity index (χ2n) is 6.80. The molecule has 2 heterocycles. The van der Waals surface area contributed by atoms with Crippen LogP contribution in [0.5, 0.6) is 5.75 Å². The smallest absolute Gasteiger partial charge is 0.120 e. The van der Waals surface area contributed by atoms with Crippen molar-refractivity contribution in [1.82, 2.24) is 9.55 Å². The molecule has 2 aromatic heterocycles. The van der Waals surface area contributed by atoms with Crippen molar-refractivity contribution >= 4 is 21.8 Å². The summed E-state index contributed by atoms with van der Waals surface area (Å²) in [4.78, 5) is 3.36. The average molecular weight is 352 g/mol. The molecule has 3 heteroatoms. The topological polar surface area (TPSA) is 29.9 Å². The van der Waals surface area contributed by atoms with Crippen LogP contribution in [-0.2, 0) is 13.2 Å². The Kier molecular flexibility index (Phi) is 3.91. The Bertz CT molecular complexity index is 1200. The highest BCUT2D eigenvalue weighted by Gasteiger charge is 2.07. The lowest BCUT2D eigenvalue weighted by Crippen LogP contribution is -1.97. The fourth-order valence-corrected chi connectivity index (χ4v) is 3.59. The normalized spacial score (nSPS) is 11.3. The molecule has 0 unspecified atom stereocenters. The number of aromatic amines is 1. The summed E-state index contributed by atoms with van der Waals surface area (Å²) in [7, 11) is 0. The number of hydrogen-bond donors (Lipinski definition) is 1. The summed E-state index contributed by atoms with van der Waals surface area (Å²) in [6.45, 7) is 1.43. The molecule has 0 atom stereocenters. The Morgan fingerprint density at radius 2 is 1.70 bits per heavy atom. The molecule has 0 fully saturated rings. The second-order valence-corrected chi connectivity index (χ2v) is 6.80. The quantitative estimate of drug-likeness (QED) is 0.429. The van der Waals surface area contributed by atoms with E-state index in [0.29, 0.717) is 6.61 Å². The van der Waals surface area contributed by atoms with Gasteiger partial charge in [0, 0.05) is 40.7 Å². The van der Waals surface area contributed by atoms with Crippen LogP contribution in [0.2, 0.25) is 0 Å². The Balaban J connectivity index is 1.39. The molecule has 3 aromatic carbocycles. The van der Waals surface area contributed by atoms with Crippen LogP contribution in [0.15, 0.2) is 91.3 Å². The van der Waals surface area contributed by atoms with Crippen molar-refractivity contribution in [3.8, 4) is 5.75 Å². The Labute approximate surface area is 157 Å². The van der Waals surface area contributed by atoms with Crippen molar-refractivity contribution in [1.29, 1.82) is 0 Å². The summed E-state index contributed by atoms with van der Waals surface area (Å²) in [5.74, 6) is 0.899. The molecule has 0 aliphatic carbocycles. The summed E-state index contributed by atoms with van der Waals surface area (Å²) in [6.07, 6.45) is 4.25. The van der Waals surface area contributed by atoms with Crippen LogP contribution in [0.3, 0.4) is 0 Å². The molecule has 3 nitrogen and oxygen atoms in total. The van der Waals surface area contributed by atoms with E-state index in [1.165, 1.54) is 32.9 Å². The first-order chi connectivity index (χ1) is 13.4. The second kappa shape index (κ2) is 6.69. The Morgan fingerprint density at radius 3 is 2.63 bits per heavy atom. The van der Waals surface area contributed by atoms with Crippen LogP contribution in [0.25, 0.3) is 21.8 Å². The van der Waals surface area contributed by atoms with E-state index < -0.39 is 0 Å². The lowest BCUT2D eigenvalue weighted by molar-refractivity contribution is 0.306. The summed E-state index contributed by atoms with van der Waals surface area (Å²) in [5, 5.41) is 2.47. The molecular weight excluding hydrogens is 332 g/mol. The zero-order chi connectivity index (χ0) is 18.1. The predicted octanol–water partition coefficient (Wildman–Crippen LogP) is 5.75. The summed E-state index contributed by atoms with van der Waals surface area (Å²) in [5.41, 5.74) is 4.87. The number of nitrogens with zero attached hydrogens (tertiary/aromatic N) is 1. The number of H-pyrrole nitrogens is 1. The first-order valence-electron chi connectivity index (χ1n) is 9.17. The molecular formula is C24H20N2O. The third-order valence-electron chi connectivity index (χ3n) is 5.01. The SMILES string of the molecule is c1ccc(COc2ccc3c(ccn3Cc3c[nH]c4ccccc34)c2)cc1.